The Bertz CT molecular complexity index is 4670. The third-order valence-electron chi connectivity index (χ3n) is 18.2. The molecule has 0 radical (unpaired) electrons. The van der Waals surface area contributed by atoms with Gasteiger partial charge in [-0.25, -0.2) is 0 Å². The summed E-state index contributed by atoms with van der Waals surface area (Å²) in [5.41, 5.74) is 31.0. The van der Waals surface area contributed by atoms with Crippen molar-refractivity contribution < 1.29 is 0 Å². The fourth-order valence-electron chi connectivity index (χ4n) is 14.3. The summed E-state index contributed by atoms with van der Waals surface area (Å²) in [7, 11) is 0. The van der Waals surface area contributed by atoms with E-state index in [1.807, 2.05) is 0 Å². The highest BCUT2D eigenvalue weighted by atomic mass is 14.4. The van der Waals surface area contributed by atoms with Crippen LogP contribution in [0.25, 0.3) is 144 Å². The summed E-state index contributed by atoms with van der Waals surface area (Å²) < 4.78 is 0. The molecule has 3 aliphatic carbocycles. The standard InChI is InChI=1S/C78H54/c1-77(2)68-43-54(47-27-31-50(32-28-47)59-24-12-18-49-15-8-9-21-58(49)59)35-39-60(68)62-41-37-56(45-70(62)77)57-38-42-63-61-40-36-55(44-69(61)78(3,4)71(63)46-57)48-29-33-53(34-30-48)74-65-23-11-10-22-64(65)73(52-16-6-5-7-17-52)75-66-25-13-19-51-20-14-26-67(72(51)66)76(74)75/h5-46H,1-4H3. The van der Waals surface area contributed by atoms with Gasteiger partial charge in [0.1, 0.15) is 0 Å². The number of fused-ring (bicyclic) bond motifs is 11. The maximum absolute atomic E-state index is 2.48. The summed E-state index contributed by atoms with van der Waals surface area (Å²) in [6.07, 6.45) is 0. The summed E-state index contributed by atoms with van der Waals surface area (Å²) in [4.78, 5) is 0. The summed E-state index contributed by atoms with van der Waals surface area (Å²) in [6.45, 7) is 9.63. The summed E-state index contributed by atoms with van der Waals surface area (Å²) in [5.74, 6) is 0. The molecular formula is C78H54. The van der Waals surface area contributed by atoms with E-state index in [9.17, 15) is 0 Å². The van der Waals surface area contributed by atoms with Gasteiger partial charge in [0.2, 0.25) is 0 Å². The van der Waals surface area contributed by atoms with E-state index in [1.54, 1.807) is 0 Å². The minimum Gasteiger partial charge on any atom is -0.0622 e. The number of hydrogen-bond donors (Lipinski definition) is 0. The van der Waals surface area contributed by atoms with Gasteiger partial charge in [0, 0.05) is 10.8 Å². The molecular weight excluding hydrogens is 937 g/mol. The molecule has 13 aromatic rings. The van der Waals surface area contributed by atoms with Crippen LogP contribution in [-0.2, 0) is 10.8 Å². The van der Waals surface area contributed by atoms with E-state index in [0.717, 1.165) is 0 Å². The molecule has 0 N–H and O–H groups in total. The third-order valence-corrected chi connectivity index (χ3v) is 18.2. The van der Waals surface area contributed by atoms with Gasteiger partial charge in [-0.3, -0.25) is 0 Å². The first kappa shape index (κ1) is 44.9. The second kappa shape index (κ2) is 16.6. The van der Waals surface area contributed by atoms with Crippen molar-refractivity contribution in [3.05, 3.63) is 277 Å². The first-order valence-electron chi connectivity index (χ1n) is 27.6. The lowest BCUT2D eigenvalue weighted by atomic mass is 9.79. The van der Waals surface area contributed by atoms with Crippen LogP contribution in [0.5, 0.6) is 0 Å². The Morgan fingerprint density at radius 2 is 0.538 bits per heavy atom. The van der Waals surface area contributed by atoms with Crippen LogP contribution in [0.3, 0.4) is 0 Å². The second-order valence-electron chi connectivity index (χ2n) is 23.1. The smallest absolute Gasteiger partial charge is 0.0159 e. The predicted octanol–water partition coefficient (Wildman–Crippen LogP) is 21.4. The van der Waals surface area contributed by atoms with Gasteiger partial charge in [-0.05, 0) is 190 Å². The minimum absolute atomic E-state index is 0.151. The molecule has 3 aliphatic rings. The van der Waals surface area contributed by atoms with Gasteiger partial charge in [0.25, 0.3) is 0 Å². The lowest BCUT2D eigenvalue weighted by Gasteiger charge is -2.24. The van der Waals surface area contributed by atoms with Crippen LogP contribution in [-0.4, -0.2) is 0 Å². The zero-order valence-corrected chi connectivity index (χ0v) is 44.2. The minimum atomic E-state index is -0.178. The normalized spacial score (nSPS) is 13.8. The lowest BCUT2D eigenvalue weighted by molar-refractivity contribution is 0.660. The zero-order chi connectivity index (χ0) is 52.0. The Labute approximate surface area is 456 Å². The highest BCUT2D eigenvalue weighted by Gasteiger charge is 2.38. The fraction of sp³-hybridized carbons (Fsp3) is 0.0769. The molecule has 16 rings (SSSR count). The van der Waals surface area contributed by atoms with E-state index >= 15 is 0 Å². The molecule has 0 atom stereocenters. The van der Waals surface area contributed by atoms with Crippen molar-refractivity contribution in [2.24, 2.45) is 0 Å². The molecule has 0 bridgehead atoms. The summed E-state index contributed by atoms with van der Waals surface area (Å²) in [5, 5.41) is 7.75. The van der Waals surface area contributed by atoms with E-state index in [4.69, 9.17) is 0 Å². The number of rotatable bonds is 6. The van der Waals surface area contributed by atoms with Crippen molar-refractivity contribution >= 4 is 32.3 Å². The molecule has 0 aromatic heterocycles. The van der Waals surface area contributed by atoms with Crippen LogP contribution in [0.4, 0.5) is 0 Å². The zero-order valence-electron chi connectivity index (χ0n) is 44.2. The Hall–Kier alpha value is -9.36. The Balaban J connectivity index is 0.708. The largest absolute Gasteiger partial charge is 0.0622 e. The van der Waals surface area contributed by atoms with Crippen LogP contribution in [0.1, 0.15) is 49.9 Å². The van der Waals surface area contributed by atoms with Crippen LogP contribution >= 0.6 is 0 Å². The van der Waals surface area contributed by atoms with Crippen molar-refractivity contribution in [1.82, 2.24) is 0 Å². The Kier molecular flexibility index (Phi) is 9.54. The lowest BCUT2D eigenvalue weighted by Crippen LogP contribution is -2.15. The average molecular weight is 991 g/mol. The molecule has 0 amide bonds. The quantitative estimate of drug-likeness (QED) is 0.156. The molecule has 78 heavy (non-hydrogen) atoms. The van der Waals surface area contributed by atoms with Crippen LogP contribution < -0.4 is 0 Å². The molecule has 0 aliphatic heterocycles. The number of hydrogen-bond acceptors (Lipinski definition) is 0. The first-order chi connectivity index (χ1) is 38.2. The topological polar surface area (TPSA) is 0 Å². The van der Waals surface area contributed by atoms with Gasteiger partial charge in [-0.1, -0.05) is 258 Å². The van der Waals surface area contributed by atoms with Crippen molar-refractivity contribution in [3.63, 3.8) is 0 Å². The van der Waals surface area contributed by atoms with Gasteiger partial charge in [-0.2, -0.15) is 0 Å². The van der Waals surface area contributed by atoms with Crippen molar-refractivity contribution in [2.45, 2.75) is 38.5 Å². The maximum atomic E-state index is 2.48. The average Bonchev–Trinajstić information content (AvgIpc) is 4.26. The molecule has 0 saturated carbocycles. The van der Waals surface area contributed by atoms with Crippen LogP contribution in [0.2, 0.25) is 0 Å². The Morgan fingerprint density at radius 3 is 1.01 bits per heavy atom. The molecule has 13 aromatic carbocycles. The maximum Gasteiger partial charge on any atom is 0.0159 e. The second-order valence-corrected chi connectivity index (χ2v) is 23.1. The van der Waals surface area contributed by atoms with E-state index in [0.29, 0.717) is 0 Å². The Morgan fingerprint density at radius 1 is 0.205 bits per heavy atom. The number of benzene rings is 13. The SMILES string of the molecule is CC1(C)c2cc(-c3ccc(-c4cccc5ccccc45)cc3)ccc2-c2ccc(-c3ccc4c(c3)C(C)(C)c3cc(-c5ccc(-c6c7c(c(-c8ccccc8)c8ccccc68)-c6cccc8cccc-7c68)cc5)ccc3-4)cc21. The molecule has 0 heteroatoms. The van der Waals surface area contributed by atoms with Gasteiger partial charge < -0.3 is 0 Å². The molecule has 0 fully saturated rings. The highest BCUT2D eigenvalue weighted by Crippen LogP contribution is 2.58. The van der Waals surface area contributed by atoms with Gasteiger partial charge >= 0.3 is 0 Å². The first-order valence-corrected chi connectivity index (χ1v) is 27.6. The molecule has 0 heterocycles. The molecule has 0 spiro atoms. The third kappa shape index (κ3) is 6.47. The van der Waals surface area contributed by atoms with Gasteiger partial charge in [0.05, 0.1) is 0 Å². The molecule has 0 unspecified atom stereocenters. The van der Waals surface area contributed by atoms with Crippen LogP contribution in [0.15, 0.2) is 255 Å². The van der Waals surface area contributed by atoms with Crippen LogP contribution in [0, 0.1) is 0 Å². The van der Waals surface area contributed by atoms with Gasteiger partial charge in [0.15, 0.2) is 0 Å². The fourth-order valence-corrected chi connectivity index (χ4v) is 14.3. The predicted molar refractivity (Wildman–Crippen MR) is 331 cm³/mol. The van der Waals surface area contributed by atoms with E-state index < -0.39 is 0 Å². The molecule has 0 nitrogen and oxygen atoms in total. The van der Waals surface area contributed by atoms with Crippen molar-refractivity contribution in [2.75, 3.05) is 0 Å². The monoisotopic (exact) mass is 990 g/mol. The van der Waals surface area contributed by atoms with Crippen molar-refractivity contribution in [1.29, 1.82) is 0 Å². The van der Waals surface area contributed by atoms with Gasteiger partial charge in [-0.15, -0.1) is 0 Å². The molecule has 0 saturated heterocycles. The van der Waals surface area contributed by atoms with E-state index in [2.05, 4.69) is 282 Å². The van der Waals surface area contributed by atoms with E-state index in [1.165, 1.54) is 166 Å². The summed E-state index contributed by atoms with van der Waals surface area (Å²) >= 11 is 0. The molecule has 366 valence electrons. The summed E-state index contributed by atoms with van der Waals surface area (Å²) in [6, 6.07) is 96.1. The van der Waals surface area contributed by atoms with E-state index in [-0.39, 0.29) is 10.8 Å². The highest BCUT2D eigenvalue weighted by molar-refractivity contribution is 6.27. The van der Waals surface area contributed by atoms with Crippen molar-refractivity contribution in [3.8, 4) is 111 Å².